The Morgan fingerprint density at radius 1 is 1.45 bits per heavy atom. The standard InChI is InChI=1S/C14H17BrN2O3/c15-11-5-9-1-3-20-13(9)10(6-11)7-17-2-4-19-12(8-17)14(16)18/h5-6,12H,1-4,7-8H2,(H2,16,18). The Hall–Kier alpha value is -1.11. The molecular formula is C14H17BrN2O3. The van der Waals surface area contributed by atoms with E-state index in [2.05, 4.69) is 33.0 Å². The Bertz CT molecular complexity index is 535. The van der Waals surface area contributed by atoms with Crippen LogP contribution in [0.4, 0.5) is 0 Å². The SMILES string of the molecule is NC(=O)C1CN(Cc2cc(Br)cc3c2OCC3)CCO1. The lowest BCUT2D eigenvalue weighted by atomic mass is 10.1. The highest BCUT2D eigenvalue weighted by atomic mass is 79.9. The van der Waals surface area contributed by atoms with Gasteiger partial charge in [0.25, 0.3) is 0 Å². The number of fused-ring (bicyclic) bond motifs is 1. The number of benzene rings is 1. The number of ether oxygens (including phenoxy) is 2. The smallest absolute Gasteiger partial charge is 0.247 e. The van der Waals surface area contributed by atoms with E-state index in [0.29, 0.717) is 13.2 Å². The number of morpholine rings is 1. The molecule has 0 radical (unpaired) electrons. The number of nitrogens with two attached hydrogens (primary N) is 1. The van der Waals surface area contributed by atoms with E-state index in [9.17, 15) is 4.79 Å². The summed E-state index contributed by atoms with van der Waals surface area (Å²) >= 11 is 3.54. The molecule has 2 heterocycles. The van der Waals surface area contributed by atoms with Gasteiger partial charge in [-0.1, -0.05) is 15.9 Å². The maximum absolute atomic E-state index is 11.2. The average Bonchev–Trinajstić information content (AvgIpc) is 2.87. The van der Waals surface area contributed by atoms with Gasteiger partial charge < -0.3 is 15.2 Å². The molecule has 1 fully saturated rings. The Morgan fingerprint density at radius 2 is 2.30 bits per heavy atom. The number of hydrogen-bond donors (Lipinski definition) is 1. The van der Waals surface area contributed by atoms with Crippen LogP contribution in [-0.4, -0.2) is 43.2 Å². The third-order valence-electron chi connectivity index (χ3n) is 3.69. The van der Waals surface area contributed by atoms with Crippen LogP contribution < -0.4 is 10.5 Å². The lowest BCUT2D eigenvalue weighted by Crippen LogP contribution is -2.47. The summed E-state index contributed by atoms with van der Waals surface area (Å²) in [4.78, 5) is 13.4. The monoisotopic (exact) mass is 340 g/mol. The minimum absolute atomic E-state index is 0.398. The first-order valence-electron chi connectivity index (χ1n) is 6.71. The van der Waals surface area contributed by atoms with Crippen molar-refractivity contribution in [3.63, 3.8) is 0 Å². The van der Waals surface area contributed by atoms with E-state index >= 15 is 0 Å². The van der Waals surface area contributed by atoms with Crippen molar-refractivity contribution in [1.29, 1.82) is 0 Å². The van der Waals surface area contributed by atoms with Gasteiger partial charge >= 0.3 is 0 Å². The van der Waals surface area contributed by atoms with E-state index in [1.165, 1.54) is 5.56 Å². The fraction of sp³-hybridized carbons (Fsp3) is 0.500. The lowest BCUT2D eigenvalue weighted by Gasteiger charge is -2.31. The number of amides is 1. The second-order valence-corrected chi connectivity index (χ2v) is 6.06. The van der Waals surface area contributed by atoms with Crippen LogP contribution in [0.1, 0.15) is 11.1 Å². The maximum atomic E-state index is 11.2. The number of primary amides is 1. The average molecular weight is 341 g/mol. The maximum Gasteiger partial charge on any atom is 0.247 e. The van der Waals surface area contributed by atoms with Crippen molar-refractivity contribution in [1.82, 2.24) is 4.90 Å². The quantitative estimate of drug-likeness (QED) is 0.893. The number of hydrogen-bond acceptors (Lipinski definition) is 4. The molecule has 1 amide bonds. The lowest BCUT2D eigenvalue weighted by molar-refractivity contribution is -0.135. The Balaban J connectivity index is 1.76. The van der Waals surface area contributed by atoms with Gasteiger partial charge in [0.05, 0.1) is 13.2 Å². The summed E-state index contributed by atoms with van der Waals surface area (Å²) in [5.74, 6) is 0.598. The van der Waals surface area contributed by atoms with Crippen LogP contribution in [0.25, 0.3) is 0 Å². The van der Waals surface area contributed by atoms with Crippen molar-refractivity contribution in [2.45, 2.75) is 19.1 Å². The highest BCUT2D eigenvalue weighted by molar-refractivity contribution is 9.10. The third kappa shape index (κ3) is 2.82. The van der Waals surface area contributed by atoms with Gasteiger partial charge in [0, 0.05) is 36.1 Å². The fourth-order valence-corrected chi connectivity index (χ4v) is 3.28. The van der Waals surface area contributed by atoms with Crippen molar-refractivity contribution in [3.05, 3.63) is 27.7 Å². The van der Waals surface area contributed by atoms with Crippen molar-refractivity contribution in [3.8, 4) is 5.75 Å². The number of carbonyl (C=O) groups excluding carboxylic acids is 1. The van der Waals surface area contributed by atoms with Gasteiger partial charge in [0.2, 0.25) is 5.91 Å². The zero-order chi connectivity index (χ0) is 14.1. The first-order valence-corrected chi connectivity index (χ1v) is 7.50. The number of halogens is 1. The van der Waals surface area contributed by atoms with Gasteiger partial charge in [-0.15, -0.1) is 0 Å². The molecule has 1 unspecified atom stereocenters. The van der Waals surface area contributed by atoms with Crippen LogP contribution >= 0.6 is 15.9 Å². The van der Waals surface area contributed by atoms with Crippen LogP contribution in [0.3, 0.4) is 0 Å². The Morgan fingerprint density at radius 3 is 3.10 bits per heavy atom. The molecule has 20 heavy (non-hydrogen) atoms. The second-order valence-electron chi connectivity index (χ2n) is 5.15. The Kier molecular flexibility index (Phi) is 3.96. The molecule has 2 N–H and O–H groups in total. The van der Waals surface area contributed by atoms with Crippen LogP contribution in [0.15, 0.2) is 16.6 Å². The largest absolute Gasteiger partial charge is 0.493 e. The number of rotatable bonds is 3. The first-order chi connectivity index (χ1) is 9.63. The summed E-state index contributed by atoms with van der Waals surface area (Å²) in [6, 6.07) is 4.19. The minimum atomic E-state index is -0.509. The zero-order valence-electron chi connectivity index (χ0n) is 11.1. The van der Waals surface area contributed by atoms with Gasteiger partial charge in [-0.3, -0.25) is 9.69 Å². The second kappa shape index (κ2) is 5.71. The third-order valence-corrected chi connectivity index (χ3v) is 4.15. The summed E-state index contributed by atoms with van der Waals surface area (Å²) in [6.45, 7) is 3.35. The van der Waals surface area contributed by atoms with Gasteiger partial charge in [0.1, 0.15) is 11.9 Å². The first kappa shape index (κ1) is 13.9. The molecule has 5 nitrogen and oxygen atoms in total. The molecule has 108 valence electrons. The van der Waals surface area contributed by atoms with Gasteiger partial charge in [-0.25, -0.2) is 0 Å². The van der Waals surface area contributed by atoms with Crippen molar-refractivity contribution in [2.24, 2.45) is 5.73 Å². The van der Waals surface area contributed by atoms with E-state index in [-0.39, 0.29) is 0 Å². The number of nitrogens with zero attached hydrogens (tertiary/aromatic N) is 1. The summed E-state index contributed by atoms with van der Waals surface area (Å²) < 4.78 is 12.2. The molecule has 2 aliphatic heterocycles. The van der Waals surface area contributed by atoms with Gasteiger partial charge in [-0.2, -0.15) is 0 Å². The molecule has 1 atom stereocenters. The molecule has 0 aliphatic carbocycles. The van der Waals surface area contributed by atoms with E-state index < -0.39 is 12.0 Å². The van der Waals surface area contributed by atoms with E-state index in [1.54, 1.807) is 0 Å². The highest BCUT2D eigenvalue weighted by Crippen LogP contribution is 2.33. The van der Waals surface area contributed by atoms with E-state index in [1.807, 2.05) is 0 Å². The van der Waals surface area contributed by atoms with E-state index in [0.717, 1.165) is 41.9 Å². The molecule has 0 bridgehead atoms. The summed E-state index contributed by atoms with van der Waals surface area (Å²) in [7, 11) is 0. The minimum Gasteiger partial charge on any atom is -0.493 e. The van der Waals surface area contributed by atoms with Crippen LogP contribution in [0.2, 0.25) is 0 Å². The normalized spacial score (nSPS) is 22.4. The van der Waals surface area contributed by atoms with Crippen LogP contribution in [-0.2, 0) is 22.5 Å². The topological polar surface area (TPSA) is 64.8 Å². The molecule has 0 saturated carbocycles. The Labute approximate surface area is 126 Å². The van der Waals surface area contributed by atoms with Crippen LogP contribution in [0.5, 0.6) is 5.75 Å². The molecule has 1 aromatic carbocycles. The van der Waals surface area contributed by atoms with Gasteiger partial charge in [0.15, 0.2) is 0 Å². The predicted molar refractivity (Wildman–Crippen MR) is 77.6 cm³/mol. The molecule has 3 rings (SSSR count). The van der Waals surface area contributed by atoms with Crippen LogP contribution in [0, 0.1) is 0 Å². The summed E-state index contributed by atoms with van der Waals surface area (Å²) in [5.41, 5.74) is 7.71. The fourth-order valence-electron chi connectivity index (χ4n) is 2.72. The molecule has 1 saturated heterocycles. The zero-order valence-corrected chi connectivity index (χ0v) is 12.7. The van der Waals surface area contributed by atoms with Gasteiger partial charge in [-0.05, 0) is 17.7 Å². The highest BCUT2D eigenvalue weighted by Gasteiger charge is 2.26. The number of carbonyl (C=O) groups is 1. The molecule has 6 heteroatoms. The van der Waals surface area contributed by atoms with E-state index in [4.69, 9.17) is 15.2 Å². The summed E-state index contributed by atoms with van der Waals surface area (Å²) in [6.07, 6.45) is 0.444. The molecule has 2 aliphatic rings. The van der Waals surface area contributed by atoms with Crippen molar-refractivity contribution < 1.29 is 14.3 Å². The molecule has 0 aromatic heterocycles. The van der Waals surface area contributed by atoms with Crippen molar-refractivity contribution in [2.75, 3.05) is 26.3 Å². The predicted octanol–water partition coefficient (Wildman–Crippen LogP) is 1.07. The summed E-state index contributed by atoms with van der Waals surface area (Å²) in [5, 5.41) is 0. The van der Waals surface area contributed by atoms with Crippen molar-refractivity contribution >= 4 is 21.8 Å². The molecular weight excluding hydrogens is 324 g/mol. The molecule has 1 aromatic rings. The molecule has 0 spiro atoms.